The van der Waals surface area contributed by atoms with Gasteiger partial charge in [-0.15, -0.1) is 0 Å². The highest BCUT2D eigenvalue weighted by atomic mass is 35.5. The minimum atomic E-state index is -0.431. The van der Waals surface area contributed by atoms with E-state index >= 15 is 0 Å². The summed E-state index contributed by atoms with van der Waals surface area (Å²) in [5.41, 5.74) is 5.64. The quantitative estimate of drug-likeness (QED) is 0.305. The number of carbonyl (C=O) groups excluding carboxylic acids is 1. The van der Waals surface area contributed by atoms with E-state index in [1.54, 1.807) is 24.3 Å². The van der Waals surface area contributed by atoms with E-state index < -0.39 is 5.78 Å². The highest BCUT2D eigenvalue weighted by Gasteiger charge is 2.16. The van der Waals surface area contributed by atoms with Gasteiger partial charge in [-0.1, -0.05) is 62.0 Å². The lowest BCUT2D eigenvalue weighted by molar-refractivity contribution is 0.106. The van der Waals surface area contributed by atoms with Crippen LogP contribution in [0.5, 0.6) is 0 Å². The zero-order valence-electron chi connectivity index (χ0n) is 16.2. The largest absolute Gasteiger partial charge is 0.286 e. The van der Waals surface area contributed by atoms with Gasteiger partial charge >= 0.3 is 0 Å². The molecule has 0 aliphatic heterocycles. The van der Waals surface area contributed by atoms with Gasteiger partial charge in [-0.2, -0.15) is 10.4 Å². The molecule has 0 amide bonds. The van der Waals surface area contributed by atoms with Gasteiger partial charge in [0.2, 0.25) is 11.5 Å². The number of anilines is 1. The predicted octanol–water partition coefficient (Wildman–Crippen LogP) is 6.45. The Morgan fingerprint density at radius 3 is 2.46 bits per heavy atom. The summed E-state index contributed by atoms with van der Waals surface area (Å²) in [7, 11) is 0. The number of carbonyl (C=O) groups is 1. The molecule has 0 fully saturated rings. The number of nitrogens with zero attached hydrogens (tertiary/aromatic N) is 2. The molecule has 0 saturated carbocycles. The van der Waals surface area contributed by atoms with Crippen LogP contribution in [-0.4, -0.2) is 11.5 Å². The third-order valence-electron chi connectivity index (χ3n) is 4.43. The molecule has 28 heavy (non-hydrogen) atoms. The molecule has 4 nitrogen and oxygen atoms in total. The number of nitriles is 1. The zero-order valence-corrected chi connectivity index (χ0v) is 17.7. The van der Waals surface area contributed by atoms with Crippen LogP contribution in [0.1, 0.15) is 48.2 Å². The van der Waals surface area contributed by atoms with Gasteiger partial charge in [0.1, 0.15) is 6.07 Å². The van der Waals surface area contributed by atoms with Crippen molar-refractivity contribution in [1.82, 2.24) is 0 Å². The second-order valence-electron chi connectivity index (χ2n) is 6.91. The van der Waals surface area contributed by atoms with Crippen LogP contribution < -0.4 is 5.43 Å². The van der Waals surface area contributed by atoms with Crippen LogP contribution in [0.15, 0.2) is 41.5 Å². The normalized spacial score (nSPS) is 12.4. The number of nitrogens with one attached hydrogen (secondary N) is 1. The molecule has 2 aromatic carbocycles. The molecule has 0 aromatic heterocycles. The van der Waals surface area contributed by atoms with Crippen molar-refractivity contribution in [3.8, 4) is 6.07 Å². The van der Waals surface area contributed by atoms with Crippen LogP contribution in [-0.2, 0) is 6.42 Å². The lowest BCUT2D eigenvalue weighted by Crippen LogP contribution is -2.15. The van der Waals surface area contributed by atoms with Gasteiger partial charge in [0.05, 0.1) is 5.69 Å². The third kappa shape index (κ3) is 6.09. The van der Waals surface area contributed by atoms with E-state index in [9.17, 15) is 10.1 Å². The maximum absolute atomic E-state index is 12.7. The molecule has 1 N–H and O–H groups in total. The van der Waals surface area contributed by atoms with Gasteiger partial charge in [-0.05, 0) is 54.7 Å². The minimum absolute atomic E-state index is 0.234. The van der Waals surface area contributed by atoms with Crippen molar-refractivity contribution in [2.45, 2.75) is 40.0 Å². The molecule has 0 radical (unpaired) electrons. The van der Waals surface area contributed by atoms with E-state index in [-0.39, 0.29) is 5.71 Å². The number of Topliss-reactive ketones (excluding diaryl/α,β-unsaturated/α-hetero) is 1. The fourth-order valence-electron chi connectivity index (χ4n) is 3.04. The highest BCUT2D eigenvalue weighted by molar-refractivity contribution is 6.51. The number of ketones is 1. The number of benzene rings is 2. The number of hydrogen-bond donors (Lipinski definition) is 1. The predicted molar refractivity (Wildman–Crippen MR) is 116 cm³/mol. The van der Waals surface area contributed by atoms with Gasteiger partial charge in [-0.25, -0.2) is 0 Å². The molecule has 0 heterocycles. The van der Waals surface area contributed by atoms with E-state index in [0.717, 1.165) is 18.4 Å². The smallest absolute Gasteiger partial charge is 0.223 e. The van der Waals surface area contributed by atoms with E-state index in [4.69, 9.17) is 23.2 Å². The molecule has 146 valence electrons. The first-order chi connectivity index (χ1) is 13.3. The summed E-state index contributed by atoms with van der Waals surface area (Å²) in [6.45, 7) is 6.40. The van der Waals surface area contributed by atoms with Crippen LogP contribution in [0.4, 0.5) is 5.69 Å². The maximum Gasteiger partial charge on any atom is 0.223 e. The van der Waals surface area contributed by atoms with Gasteiger partial charge < -0.3 is 0 Å². The number of rotatable bonds is 8. The Kier molecular flexibility index (Phi) is 8.04. The fraction of sp³-hybridized carbons (Fsp3) is 0.318. The molecular weight excluding hydrogens is 393 g/mol. The average molecular weight is 416 g/mol. The molecule has 2 aromatic rings. The van der Waals surface area contributed by atoms with Crippen molar-refractivity contribution in [2.24, 2.45) is 11.0 Å². The first-order valence-electron chi connectivity index (χ1n) is 9.18. The number of halogens is 2. The Hall–Kier alpha value is -2.35. The summed E-state index contributed by atoms with van der Waals surface area (Å²) in [4.78, 5) is 12.7. The Bertz CT molecular complexity index is 912. The van der Waals surface area contributed by atoms with Gasteiger partial charge in [0.15, 0.2) is 0 Å². The van der Waals surface area contributed by atoms with E-state index in [1.165, 1.54) is 12.0 Å². The van der Waals surface area contributed by atoms with Crippen LogP contribution >= 0.6 is 23.2 Å². The van der Waals surface area contributed by atoms with Gasteiger partial charge in [-0.3, -0.25) is 10.2 Å². The Morgan fingerprint density at radius 1 is 1.21 bits per heavy atom. The molecule has 0 bridgehead atoms. The molecule has 0 saturated heterocycles. The van der Waals surface area contributed by atoms with Crippen LogP contribution in [0, 0.1) is 24.2 Å². The SMILES string of the molecule is CCC[C@H](C)Cc1ccc(C(=O)/C(C#N)=N/Nc2cc(Cl)cc(Cl)c2)cc1C. The maximum atomic E-state index is 12.7. The standard InChI is InChI=1S/C22H23Cl2N3O/c1-4-5-14(2)8-16-6-7-17(9-15(16)3)22(28)21(13-25)27-26-20-11-18(23)10-19(24)12-20/h6-7,9-12,14,26H,4-5,8H2,1-3H3/b27-21+/t14-/m0/s1. The van der Waals surface area contributed by atoms with Crippen LogP contribution in [0.2, 0.25) is 10.0 Å². The second-order valence-corrected chi connectivity index (χ2v) is 7.78. The summed E-state index contributed by atoms with van der Waals surface area (Å²) in [5.74, 6) is 0.162. The molecular formula is C22H23Cl2N3O. The van der Waals surface area contributed by atoms with Crippen molar-refractivity contribution >= 4 is 40.4 Å². The fourth-order valence-corrected chi connectivity index (χ4v) is 3.56. The summed E-state index contributed by atoms with van der Waals surface area (Å²) >= 11 is 11.9. The van der Waals surface area contributed by atoms with Crippen LogP contribution in [0.25, 0.3) is 0 Å². The Labute approximate surface area is 176 Å². The van der Waals surface area contributed by atoms with Crippen molar-refractivity contribution in [1.29, 1.82) is 5.26 Å². The summed E-state index contributed by atoms with van der Waals surface area (Å²) < 4.78 is 0. The summed E-state index contributed by atoms with van der Waals surface area (Å²) in [5, 5.41) is 14.1. The molecule has 0 unspecified atom stereocenters. The number of hydrazone groups is 1. The Balaban J connectivity index is 2.18. The topological polar surface area (TPSA) is 65.2 Å². The second kappa shape index (κ2) is 10.3. The molecule has 6 heteroatoms. The first kappa shape index (κ1) is 21.9. The molecule has 2 rings (SSSR count). The average Bonchev–Trinajstić information content (AvgIpc) is 2.63. The highest BCUT2D eigenvalue weighted by Crippen LogP contribution is 2.23. The molecule has 1 atom stereocenters. The number of hydrogen-bond acceptors (Lipinski definition) is 4. The van der Waals surface area contributed by atoms with Crippen molar-refractivity contribution in [2.75, 3.05) is 5.43 Å². The van der Waals surface area contributed by atoms with E-state index in [1.807, 2.05) is 25.1 Å². The monoisotopic (exact) mass is 415 g/mol. The third-order valence-corrected chi connectivity index (χ3v) is 4.87. The van der Waals surface area contributed by atoms with Gasteiger partial charge in [0, 0.05) is 15.6 Å². The summed E-state index contributed by atoms with van der Waals surface area (Å²) in [6.07, 6.45) is 3.30. The van der Waals surface area contributed by atoms with Crippen LogP contribution in [0.3, 0.4) is 0 Å². The summed E-state index contributed by atoms with van der Waals surface area (Å²) in [6, 6.07) is 12.2. The minimum Gasteiger partial charge on any atom is -0.286 e. The molecule has 0 aliphatic carbocycles. The van der Waals surface area contributed by atoms with Crippen molar-refractivity contribution < 1.29 is 4.79 Å². The molecule has 0 spiro atoms. The van der Waals surface area contributed by atoms with E-state index in [0.29, 0.717) is 27.2 Å². The Morgan fingerprint density at radius 2 is 1.89 bits per heavy atom. The lowest BCUT2D eigenvalue weighted by atomic mass is 9.92. The van der Waals surface area contributed by atoms with E-state index in [2.05, 4.69) is 24.4 Å². The van der Waals surface area contributed by atoms with Gasteiger partial charge in [0.25, 0.3) is 0 Å². The van der Waals surface area contributed by atoms with Crippen molar-refractivity contribution in [3.63, 3.8) is 0 Å². The first-order valence-corrected chi connectivity index (χ1v) is 9.93. The lowest BCUT2D eigenvalue weighted by Gasteiger charge is -2.13. The number of aryl methyl sites for hydroxylation is 1. The zero-order chi connectivity index (χ0) is 20.7. The molecule has 0 aliphatic rings. The van der Waals surface area contributed by atoms with Crippen molar-refractivity contribution in [3.05, 3.63) is 63.1 Å².